The van der Waals surface area contributed by atoms with Gasteiger partial charge < -0.3 is 25.4 Å². The molecule has 3 N–H and O–H groups in total. The van der Waals surface area contributed by atoms with Gasteiger partial charge in [0.25, 0.3) is 0 Å². The Labute approximate surface area is 165 Å². The minimum absolute atomic E-state index is 0.122. The number of rotatable bonds is 7. The Morgan fingerprint density at radius 3 is 3.00 bits per heavy atom. The molecule has 2 unspecified atom stereocenters. The van der Waals surface area contributed by atoms with Crippen molar-refractivity contribution in [2.75, 3.05) is 33.3 Å². The van der Waals surface area contributed by atoms with Gasteiger partial charge >= 0.3 is 5.97 Å². The first-order chi connectivity index (χ1) is 13.5. The zero-order valence-electron chi connectivity index (χ0n) is 16.4. The molecule has 0 saturated heterocycles. The normalized spacial score (nSPS) is 21.4. The number of aliphatic carboxylic acids is 1. The number of carboxylic acids is 1. The van der Waals surface area contributed by atoms with Crippen LogP contribution in [0.2, 0.25) is 0 Å². The van der Waals surface area contributed by atoms with Crippen molar-refractivity contribution in [2.45, 2.75) is 32.2 Å². The molecule has 0 saturated carbocycles. The van der Waals surface area contributed by atoms with E-state index >= 15 is 0 Å². The Balaban J connectivity index is 1.61. The Morgan fingerprint density at radius 2 is 2.29 bits per heavy atom. The quantitative estimate of drug-likeness (QED) is 0.606. The summed E-state index contributed by atoms with van der Waals surface area (Å²) in [5, 5.41) is 15.5. The minimum atomic E-state index is -0.949. The summed E-state index contributed by atoms with van der Waals surface area (Å²) in [5.41, 5.74) is 2.03. The zero-order chi connectivity index (χ0) is 20.1. The lowest BCUT2D eigenvalue weighted by Gasteiger charge is -2.25. The molecule has 8 nitrogen and oxygen atoms in total. The predicted octanol–water partition coefficient (Wildman–Crippen LogP) is 1.17. The van der Waals surface area contributed by atoms with E-state index in [4.69, 9.17) is 9.84 Å². The maximum Gasteiger partial charge on any atom is 0.304 e. The molecular weight excluding hydrogens is 360 g/mol. The number of carboxylic acid groups (broad SMARTS) is 1. The Hall–Kier alpha value is -2.77. The van der Waals surface area contributed by atoms with E-state index in [1.165, 1.54) is 0 Å². The van der Waals surface area contributed by atoms with Gasteiger partial charge in [-0.25, -0.2) is 0 Å². The summed E-state index contributed by atoms with van der Waals surface area (Å²) in [6, 6.07) is 5.70. The van der Waals surface area contributed by atoms with Gasteiger partial charge in [0.2, 0.25) is 5.91 Å². The standard InChI is InChI=1S/C20H28N4O4/c1-13-17-12-16(28-9-3-6-21-20-22-7-8-23-20)5-4-14(17)10-15(11-18(25)26)19(27)24(13)2/h4-5,12-13,15H,3,6-11H2,1-2H3,(H,25,26)(H2,21,22,23). The van der Waals surface area contributed by atoms with Crippen molar-refractivity contribution in [3.8, 4) is 5.75 Å². The second-order valence-corrected chi connectivity index (χ2v) is 7.27. The fraction of sp³-hybridized carbons (Fsp3) is 0.550. The van der Waals surface area contributed by atoms with Crippen LogP contribution in [0.1, 0.15) is 36.9 Å². The van der Waals surface area contributed by atoms with Gasteiger partial charge in [-0.15, -0.1) is 0 Å². The van der Waals surface area contributed by atoms with Crippen LogP contribution in [-0.2, 0) is 16.0 Å². The first-order valence-electron chi connectivity index (χ1n) is 9.72. The first kappa shape index (κ1) is 20.0. The summed E-state index contributed by atoms with van der Waals surface area (Å²) in [4.78, 5) is 29.7. The molecule has 152 valence electrons. The fourth-order valence-corrected chi connectivity index (χ4v) is 3.63. The summed E-state index contributed by atoms with van der Waals surface area (Å²) in [7, 11) is 1.73. The van der Waals surface area contributed by atoms with Crippen LogP contribution in [0.4, 0.5) is 0 Å². The molecule has 2 aliphatic rings. The lowest BCUT2D eigenvalue weighted by Crippen LogP contribution is -2.34. The van der Waals surface area contributed by atoms with Crippen molar-refractivity contribution >= 4 is 17.8 Å². The minimum Gasteiger partial charge on any atom is -0.494 e. The molecule has 0 aliphatic carbocycles. The molecule has 0 bridgehead atoms. The summed E-state index contributed by atoms with van der Waals surface area (Å²) >= 11 is 0. The summed E-state index contributed by atoms with van der Waals surface area (Å²) < 4.78 is 5.88. The van der Waals surface area contributed by atoms with Crippen LogP contribution in [0, 0.1) is 5.92 Å². The maximum absolute atomic E-state index is 12.6. The van der Waals surface area contributed by atoms with E-state index in [1.807, 2.05) is 25.1 Å². The number of fused-ring (bicyclic) bond motifs is 1. The van der Waals surface area contributed by atoms with Crippen LogP contribution in [0.3, 0.4) is 0 Å². The molecule has 1 amide bonds. The van der Waals surface area contributed by atoms with Crippen LogP contribution in [-0.4, -0.2) is 61.1 Å². The number of hydrogen-bond donors (Lipinski definition) is 3. The highest BCUT2D eigenvalue weighted by Crippen LogP contribution is 2.33. The topological polar surface area (TPSA) is 103 Å². The number of nitrogens with zero attached hydrogens (tertiary/aromatic N) is 2. The van der Waals surface area contributed by atoms with E-state index in [9.17, 15) is 9.59 Å². The number of carbonyl (C=O) groups is 2. The maximum atomic E-state index is 12.6. The molecule has 0 aromatic heterocycles. The molecule has 1 aromatic rings. The summed E-state index contributed by atoms with van der Waals surface area (Å²) in [6.07, 6.45) is 1.13. The number of hydrogen-bond acceptors (Lipinski definition) is 6. The molecule has 0 fully saturated rings. The van der Waals surface area contributed by atoms with Crippen molar-refractivity contribution in [1.29, 1.82) is 0 Å². The lowest BCUT2D eigenvalue weighted by atomic mass is 9.93. The summed E-state index contributed by atoms with van der Waals surface area (Å²) in [6.45, 7) is 5.01. The summed E-state index contributed by atoms with van der Waals surface area (Å²) in [5.74, 6) is 0.0105. The molecule has 2 aliphatic heterocycles. The largest absolute Gasteiger partial charge is 0.494 e. The molecule has 2 atom stereocenters. The molecule has 28 heavy (non-hydrogen) atoms. The van der Waals surface area contributed by atoms with Gasteiger partial charge in [0.05, 0.1) is 31.5 Å². The Bertz CT molecular complexity index is 765. The van der Waals surface area contributed by atoms with Gasteiger partial charge in [0.1, 0.15) is 5.75 Å². The number of amides is 1. The van der Waals surface area contributed by atoms with Crippen LogP contribution in [0.5, 0.6) is 5.75 Å². The zero-order valence-corrected chi connectivity index (χ0v) is 16.4. The van der Waals surface area contributed by atoms with Crippen molar-refractivity contribution in [3.05, 3.63) is 29.3 Å². The SMILES string of the molecule is CC1c2cc(OCCCNC3=NCCN3)ccc2CC(CC(=O)O)C(=O)N1C. The van der Waals surface area contributed by atoms with Gasteiger partial charge in [0, 0.05) is 20.1 Å². The van der Waals surface area contributed by atoms with Gasteiger partial charge in [-0.2, -0.15) is 0 Å². The number of aliphatic imine (C=N–C) groups is 1. The van der Waals surface area contributed by atoms with Gasteiger partial charge in [-0.3, -0.25) is 14.6 Å². The molecule has 8 heteroatoms. The molecule has 3 rings (SSSR count). The number of benzene rings is 1. The third-order valence-electron chi connectivity index (χ3n) is 5.29. The van der Waals surface area contributed by atoms with Crippen molar-refractivity contribution in [3.63, 3.8) is 0 Å². The van der Waals surface area contributed by atoms with E-state index in [0.29, 0.717) is 13.0 Å². The fourth-order valence-electron chi connectivity index (χ4n) is 3.63. The van der Waals surface area contributed by atoms with E-state index < -0.39 is 11.9 Å². The Kier molecular flexibility index (Phi) is 6.38. The first-order valence-corrected chi connectivity index (χ1v) is 9.72. The highest BCUT2D eigenvalue weighted by atomic mass is 16.5. The number of carbonyl (C=O) groups excluding carboxylic acids is 1. The van der Waals surface area contributed by atoms with Crippen LogP contribution >= 0.6 is 0 Å². The molecule has 0 spiro atoms. The number of nitrogens with one attached hydrogen (secondary N) is 2. The average Bonchev–Trinajstić information content (AvgIpc) is 3.17. The Morgan fingerprint density at radius 1 is 1.46 bits per heavy atom. The highest BCUT2D eigenvalue weighted by molar-refractivity contribution is 5.84. The monoisotopic (exact) mass is 388 g/mol. The smallest absolute Gasteiger partial charge is 0.304 e. The van der Waals surface area contributed by atoms with E-state index in [2.05, 4.69) is 15.6 Å². The number of guanidine groups is 1. The average molecular weight is 388 g/mol. The van der Waals surface area contributed by atoms with Gasteiger partial charge in [0.15, 0.2) is 5.96 Å². The molecule has 0 radical (unpaired) electrons. The number of ether oxygens (including phenoxy) is 1. The highest BCUT2D eigenvalue weighted by Gasteiger charge is 2.33. The van der Waals surface area contributed by atoms with Crippen molar-refractivity contribution < 1.29 is 19.4 Å². The van der Waals surface area contributed by atoms with Crippen LogP contribution < -0.4 is 15.4 Å². The third-order valence-corrected chi connectivity index (χ3v) is 5.29. The lowest BCUT2D eigenvalue weighted by molar-refractivity contribution is -0.144. The predicted molar refractivity (Wildman–Crippen MR) is 105 cm³/mol. The van der Waals surface area contributed by atoms with E-state index in [-0.39, 0.29) is 18.4 Å². The van der Waals surface area contributed by atoms with Crippen molar-refractivity contribution in [2.24, 2.45) is 10.9 Å². The molecule has 1 aromatic carbocycles. The van der Waals surface area contributed by atoms with Gasteiger partial charge in [-0.1, -0.05) is 6.07 Å². The second kappa shape index (κ2) is 8.95. The van der Waals surface area contributed by atoms with E-state index in [1.54, 1.807) is 11.9 Å². The third kappa shape index (κ3) is 4.74. The molecular formula is C20H28N4O4. The van der Waals surface area contributed by atoms with Gasteiger partial charge in [-0.05, 0) is 43.0 Å². The van der Waals surface area contributed by atoms with E-state index in [0.717, 1.165) is 48.9 Å². The second-order valence-electron chi connectivity index (χ2n) is 7.27. The van der Waals surface area contributed by atoms with Crippen LogP contribution in [0.25, 0.3) is 0 Å². The van der Waals surface area contributed by atoms with Crippen LogP contribution in [0.15, 0.2) is 23.2 Å². The molecule has 2 heterocycles. The van der Waals surface area contributed by atoms with Crippen molar-refractivity contribution in [1.82, 2.24) is 15.5 Å².